The molecule has 1 unspecified atom stereocenters. The minimum atomic E-state index is -0.234. The van der Waals surface area contributed by atoms with Gasteiger partial charge in [0.1, 0.15) is 0 Å². The second kappa shape index (κ2) is 19.5. The average Bonchev–Trinajstić information content (AvgIpc) is 3.35. The largest absolute Gasteiger partial charge is 0.310 e. The van der Waals surface area contributed by atoms with Crippen LogP contribution in [0.15, 0.2) is 224 Å². The molecule has 0 bridgehead atoms. The van der Waals surface area contributed by atoms with E-state index in [2.05, 4.69) is 265 Å². The standard InChI is InChI=1S/C67H56ClN/c1-44-20-13-21-45(2)63(44)53-31-17-34-58(40-53)69(59-35-18-32-54(41-59)64-46(3)22-14-23-47(64)4)60-42-55(65-48(5)24-15-25-49(65)6)38-56(43-60)66(52-30-16-33-57(68)39-52)67-61(50-26-9-7-10-27-50)36-19-37-62(67)51-28-11-8-12-29-51/h7-43,66H,1-6H3. The van der Waals surface area contributed by atoms with Gasteiger partial charge >= 0.3 is 0 Å². The molecule has 0 radical (unpaired) electrons. The number of benzene rings is 10. The maximum Gasteiger partial charge on any atom is 0.0470 e. The first-order valence-corrected chi connectivity index (χ1v) is 24.3. The fourth-order valence-corrected chi connectivity index (χ4v) is 11.0. The summed E-state index contributed by atoms with van der Waals surface area (Å²) in [5, 5.41) is 0.704. The third-order valence-electron chi connectivity index (χ3n) is 13.8. The van der Waals surface area contributed by atoms with Crippen molar-refractivity contribution >= 4 is 28.7 Å². The molecule has 0 amide bonds. The Morgan fingerprint density at radius 1 is 0.304 bits per heavy atom. The van der Waals surface area contributed by atoms with Crippen molar-refractivity contribution in [2.24, 2.45) is 0 Å². The maximum absolute atomic E-state index is 7.05. The normalized spacial score (nSPS) is 11.6. The first kappa shape index (κ1) is 45.1. The molecular formula is C67H56ClN. The molecule has 10 rings (SSSR count). The summed E-state index contributed by atoms with van der Waals surface area (Å²) in [4.78, 5) is 2.48. The fourth-order valence-electron chi connectivity index (χ4n) is 10.8. The van der Waals surface area contributed by atoms with Gasteiger partial charge in [-0.1, -0.05) is 188 Å². The molecule has 1 nitrogen and oxygen atoms in total. The molecule has 0 aromatic heterocycles. The molecule has 0 aliphatic heterocycles. The SMILES string of the molecule is Cc1cccc(C)c1-c1cccc(N(c2cccc(-c3c(C)cccc3C)c2)c2cc(-c3c(C)cccc3C)cc(C(c3cccc(Cl)c3)c3c(-c4ccccc4)cccc3-c3ccccc3)c2)c1. The molecule has 0 aliphatic carbocycles. The molecule has 69 heavy (non-hydrogen) atoms. The Kier molecular flexibility index (Phi) is 12.7. The van der Waals surface area contributed by atoms with Crippen LogP contribution < -0.4 is 4.90 Å². The lowest BCUT2D eigenvalue weighted by Crippen LogP contribution is -2.13. The zero-order chi connectivity index (χ0) is 47.6. The van der Waals surface area contributed by atoms with Crippen molar-refractivity contribution in [1.29, 1.82) is 0 Å². The van der Waals surface area contributed by atoms with Crippen molar-refractivity contribution in [2.75, 3.05) is 4.90 Å². The van der Waals surface area contributed by atoms with Crippen LogP contribution >= 0.6 is 11.6 Å². The van der Waals surface area contributed by atoms with E-state index in [0.717, 1.165) is 44.9 Å². The summed E-state index contributed by atoms with van der Waals surface area (Å²) < 4.78 is 0. The smallest absolute Gasteiger partial charge is 0.0470 e. The highest BCUT2D eigenvalue weighted by Crippen LogP contribution is 2.48. The van der Waals surface area contributed by atoms with Crippen LogP contribution in [-0.2, 0) is 0 Å². The molecule has 0 saturated carbocycles. The van der Waals surface area contributed by atoms with Gasteiger partial charge in [0.2, 0.25) is 0 Å². The molecular weight excluding hydrogens is 854 g/mol. The van der Waals surface area contributed by atoms with Crippen LogP contribution in [-0.4, -0.2) is 0 Å². The van der Waals surface area contributed by atoms with E-state index in [9.17, 15) is 0 Å². The Hall–Kier alpha value is -7.71. The Labute approximate surface area is 414 Å². The highest BCUT2D eigenvalue weighted by Gasteiger charge is 2.28. The van der Waals surface area contributed by atoms with Crippen molar-refractivity contribution in [1.82, 2.24) is 0 Å². The molecule has 0 aliphatic rings. The molecule has 10 aromatic rings. The number of nitrogens with zero attached hydrogens (tertiary/aromatic N) is 1. The van der Waals surface area contributed by atoms with Crippen LogP contribution in [0.4, 0.5) is 17.1 Å². The molecule has 10 aromatic carbocycles. The molecule has 0 N–H and O–H groups in total. The predicted molar refractivity (Wildman–Crippen MR) is 296 cm³/mol. The van der Waals surface area contributed by atoms with E-state index >= 15 is 0 Å². The summed E-state index contributed by atoms with van der Waals surface area (Å²) in [6.45, 7) is 13.3. The van der Waals surface area contributed by atoms with Gasteiger partial charge in [-0.25, -0.2) is 0 Å². The minimum Gasteiger partial charge on any atom is -0.310 e. The van der Waals surface area contributed by atoms with Crippen LogP contribution in [0.25, 0.3) is 55.6 Å². The number of aryl methyl sites for hydroxylation is 6. The lowest BCUT2D eigenvalue weighted by molar-refractivity contribution is 0.981. The quantitative estimate of drug-likeness (QED) is 0.117. The van der Waals surface area contributed by atoms with Crippen LogP contribution in [0.3, 0.4) is 0 Å². The summed E-state index contributed by atoms with van der Waals surface area (Å²) in [6, 6.07) is 82.3. The fraction of sp³-hybridized carbons (Fsp3) is 0.104. The Morgan fingerprint density at radius 2 is 0.696 bits per heavy atom. The topological polar surface area (TPSA) is 3.24 Å². The van der Waals surface area contributed by atoms with Gasteiger partial charge in [-0.2, -0.15) is 0 Å². The molecule has 2 heteroatoms. The van der Waals surface area contributed by atoms with E-state index in [0.29, 0.717) is 5.02 Å². The van der Waals surface area contributed by atoms with Gasteiger partial charge in [0.15, 0.2) is 0 Å². The van der Waals surface area contributed by atoms with E-state index in [1.54, 1.807) is 0 Å². The van der Waals surface area contributed by atoms with Crippen LogP contribution in [0.1, 0.15) is 56.0 Å². The lowest BCUT2D eigenvalue weighted by atomic mass is 9.77. The van der Waals surface area contributed by atoms with Gasteiger partial charge in [-0.15, -0.1) is 0 Å². The van der Waals surface area contributed by atoms with E-state index in [1.807, 2.05) is 6.07 Å². The highest BCUT2D eigenvalue weighted by atomic mass is 35.5. The number of hydrogen-bond donors (Lipinski definition) is 0. The third kappa shape index (κ3) is 9.07. The van der Waals surface area contributed by atoms with Crippen LogP contribution in [0, 0.1) is 41.5 Å². The van der Waals surface area contributed by atoms with Gasteiger partial charge in [0, 0.05) is 28.0 Å². The minimum absolute atomic E-state index is 0.234. The Balaban J connectivity index is 1.32. The zero-order valence-electron chi connectivity index (χ0n) is 40.3. The molecule has 0 fully saturated rings. The van der Waals surface area contributed by atoms with Gasteiger partial charge in [0.05, 0.1) is 0 Å². The predicted octanol–water partition coefficient (Wildman–Crippen LogP) is 19.2. The second-order valence-electron chi connectivity index (χ2n) is 18.5. The molecule has 0 heterocycles. The third-order valence-corrected chi connectivity index (χ3v) is 14.0. The van der Waals surface area contributed by atoms with E-state index in [1.165, 1.54) is 77.9 Å². The van der Waals surface area contributed by atoms with Crippen molar-refractivity contribution < 1.29 is 0 Å². The van der Waals surface area contributed by atoms with Crippen molar-refractivity contribution in [2.45, 2.75) is 47.5 Å². The molecule has 0 saturated heterocycles. The van der Waals surface area contributed by atoms with Crippen molar-refractivity contribution in [3.8, 4) is 55.6 Å². The highest BCUT2D eigenvalue weighted by molar-refractivity contribution is 6.30. The number of anilines is 3. The van der Waals surface area contributed by atoms with Crippen LogP contribution in [0.5, 0.6) is 0 Å². The van der Waals surface area contributed by atoms with Crippen LogP contribution in [0.2, 0.25) is 5.02 Å². The van der Waals surface area contributed by atoms with Gasteiger partial charge in [-0.3, -0.25) is 0 Å². The first-order valence-electron chi connectivity index (χ1n) is 24.0. The number of rotatable bonds is 11. The first-order chi connectivity index (χ1) is 33.6. The number of hydrogen-bond acceptors (Lipinski definition) is 1. The van der Waals surface area contributed by atoms with E-state index in [4.69, 9.17) is 11.6 Å². The van der Waals surface area contributed by atoms with Crippen molar-refractivity contribution in [3.05, 3.63) is 280 Å². The second-order valence-corrected chi connectivity index (χ2v) is 19.0. The number of halogens is 1. The average molecular weight is 911 g/mol. The summed E-state index contributed by atoms with van der Waals surface area (Å²) in [7, 11) is 0. The lowest BCUT2D eigenvalue weighted by Gasteiger charge is -2.31. The maximum atomic E-state index is 7.05. The molecule has 1 atom stereocenters. The summed E-state index contributed by atoms with van der Waals surface area (Å²) >= 11 is 7.05. The summed E-state index contributed by atoms with van der Waals surface area (Å²) in [5.41, 5.74) is 26.2. The van der Waals surface area contributed by atoms with E-state index < -0.39 is 0 Å². The zero-order valence-corrected chi connectivity index (χ0v) is 41.0. The molecule has 336 valence electrons. The summed E-state index contributed by atoms with van der Waals surface area (Å²) in [6.07, 6.45) is 0. The van der Waals surface area contributed by atoms with E-state index in [-0.39, 0.29) is 5.92 Å². The monoisotopic (exact) mass is 909 g/mol. The Bertz CT molecular complexity index is 3260. The van der Waals surface area contributed by atoms with Crippen molar-refractivity contribution in [3.63, 3.8) is 0 Å². The Morgan fingerprint density at radius 3 is 1.16 bits per heavy atom. The van der Waals surface area contributed by atoms with Gasteiger partial charge in [0.25, 0.3) is 0 Å². The van der Waals surface area contributed by atoms with Gasteiger partial charge < -0.3 is 4.90 Å². The van der Waals surface area contributed by atoms with Gasteiger partial charge in [-0.05, 0) is 196 Å². The molecule has 0 spiro atoms. The summed E-state index contributed by atoms with van der Waals surface area (Å²) in [5.74, 6) is -0.234.